The maximum absolute atomic E-state index is 13.2. The highest BCUT2D eigenvalue weighted by atomic mass is 35.5. The summed E-state index contributed by atoms with van der Waals surface area (Å²) in [5.74, 6) is -0.723. The van der Waals surface area contributed by atoms with Gasteiger partial charge in [-0.25, -0.2) is 4.39 Å². The molecule has 0 radical (unpaired) electrons. The molecule has 25 heavy (non-hydrogen) atoms. The number of hydrogen-bond donors (Lipinski definition) is 3. The first-order chi connectivity index (χ1) is 12.0. The van der Waals surface area contributed by atoms with E-state index in [1.54, 1.807) is 6.07 Å². The lowest BCUT2D eigenvalue weighted by Crippen LogP contribution is -2.18. The number of halogens is 2. The van der Waals surface area contributed by atoms with Crippen LogP contribution in [0, 0.1) is 5.82 Å². The average Bonchev–Trinajstić information content (AvgIpc) is 2.99. The molecule has 5 nitrogen and oxygen atoms in total. The van der Waals surface area contributed by atoms with Crippen molar-refractivity contribution in [2.75, 3.05) is 18.9 Å². The third kappa shape index (κ3) is 2.89. The van der Waals surface area contributed by atoms with E-state index < -0.39 is 11.7 Å². The Morgan fingerprint density at radius 3 is 2.60 bits per heavy atom. The van der Waals surface area contributed by atoms with E-state index in [9.17, 15) is 14.3 Å². The van der Waals surface area contributed by atoms with Gasteiger partial charge >= 0.3 is 0 Å². The highest BCUT2D eigenvalue weighted by Crippen LogP contribution is 2.44. The monoisotopic (exact) mass is 362 g/mol. The van der Waals surface area contributed by atoms with Crippen LogP contribution in [0.5, 0.6) is 5.75 Å². The average molecular weight is 363 g/mol. The number of fused-ring (bicyclic) bond motifs is 1. The van der Waals surface area contributed by atoms with Crippen molar-refractivity contribution in [2.45, 2.75) is 6.92 Å². The topological polar surface area (TPSA) is 74.5 Å². The minimum absolute atomic E-state index is 0.0177. The molecule has 2 aromatic carbocycles. The number of phenols is 1. The molecule has 0 unspecified atom stereocenters. The fourth-order valence-corrected chi connectivity index (χ4v) is 2.97. The lowest BCUT2D eigenvalue weighted by molar-refractivity contribution is 0.0964. The van der Waals surface area contributed by atoms with Crippen LogP contribution in [0.25, 0.3) is 22.3 Å². The SMILES string of the molecule is CCNc1cc2oc(-c3ccc(F)cc3)c(C(=O)NC)c2c(Cl)c1O. The number of phenolic OH excluding ortho intramolecular Hbond substituents is 1. The second kappa shape index (κ2) is 6.64. The molecule has 0 aliphatic rings. The molecule has 0 aliphatic carbocycles. The first-order valence-corrected chi connectivity index (χ1v) is 8.05. The summed E-state index contributed by atoms with van der Waals surface area (Å²) in [6.45, 7) is 2.45. The van der Waals surface area contributed by atoms with Crippen molar-refractivity contribution in [1.82, 2.24) is 5.32 Å². The van der Waals surface area contributed by atoms with Gasteiger partial charge in [-0.3, -0.25) is 4.79 Å². The van der Waals surface area contributed by atoms with Gasteiger partial charge in [-0.05, 0) is 31.2 Å². The van der Waals surface area contributed by atoms with E-state index in [4.69, 9.17) is 16.0 Å². The van der Waals surface area contributed by atoms with Crippen LogP contribution >= 0.6 is 11.6 Å². The molecule has 0 fully saturated rings. The molecule has 0 spiro atoms. The molecule has 3 rings (SSSR count). The van der Waals surface area contributed by atoms with Crippen molar-refractivity contribution in [1.29, 1.82) is 0 Å². The molecule has 0 saturated carbocycles. The number of furan rings is 1. The van der Waals surface area contributed by atoms with Gasteiger partial charge in [0.1, 0.15) is 17.2 Å². The van der Waals surface area contributed by atoms with Gasteiger partial charge in [-0.2, -0.15) is 0 Å². The standard InChI is InChI=1S/C18H16ClFN2O3/c1-3-22-11-8-12-13(15(19)16(11)23)14(18(24)21-2)17(25-12)9-4-6-10(20)7-5-9/h4-8,22-23H,3H2,1-2H3,(H,21,24). The number of rotatable bonds is 4. The van der Waals surface area contributed by atoms with Crippen molar-refractivity contribution in [2.24, 2.45) is 0 Å². The largest absolute Gasteiger partial charge is 0.504 e. The third-order valence-electron chi connectivity index (χ3n) is 3.82. The number of benzene rings is 2. The number of hydrogen-bond acceptors (Lipinski definition) is 4. The third-order valence-corrected chi connectivity index (χ3v) is 4.19. The molecule has 0 aliphatic heterocycles. The van der Waals surface area contributed by atoms with Gasteiger partial charge in [0.25, 0.3) is 5.91 Å². The van der Waals surface area contributed by atoms with E-state index >= 15 is 0 Å². The van der Waals surface area contributed by atoms with Gasteiger partial charge in [0.2, 0.25) is 0 Å². The Labute approximate surface area is 148 Å². The normalized spacial score (nSPS) is 10.9. The van der Waals surface area contributed by atoms with Crippen LogP contribution in [0.15, 0.2) is 34.7 Å². The zero-order valence-electron chi connectivity index (χ0n) is 13.6. The highest BCUT2D eigenvalue weighted by molar-refractivity contribution is 6.39. The summed E-state index contributed by atoms with van der Waals surface area (Å²) >= 11 is 6.31. The zero-order chi connectivity index (χ0) is 18.1. The van der Waals surface area contributed by atoms with Gasteiger partial charge < -0.3 is 20.2 Å². The molecule has 3 aromatic rings. The van der Waals surface area contributed by atoms with Crippen molar-refractivity contribution < 1.29 is 18.7 Å². The van der Waals surface area contributed by atoms with E-state index in [2.05, 4.69) is 10.6 Å². The zero-order valence-corrected chi connectivity index (χ0v) is 14.4. The number of carbonyl (C=O) groups is 1. The van der Waals surface area contributed by atoms with Crippen molar-refractivity contribution in [3.8, 4) is 17.1 Å². The van der Waals surface area contributed by atoms with Crippen LogP contribution in [0.3, 0.4) is 0 Å². The molecule has 3 N–H and O–H groups in total. The van der Waals surface area contributed by atoms with Gasteiger partial charge in [0, 0.05) is 25.2 Å². The summed E-state index contributed by atoms with van der Waals surface area (Å²) < 4.78 is 19.1. The molecule has 1 aromatic heterocycles. The Morgan fingerprint density at radius 1 is 1.32 bits per heavy atom. The maximum Gasteiger partial charge on any atom is 0.255 e. The lowest BCUT2D eigenvalue weighted by Gasteiger charge is -2.08. The lowest BCUT2D eigenvalue weighted by atomic mass is 10.0. The summed E-state index contributed by atoms with van der Waals surface area (Å²) in [6, 6.07) is 7.16. The van der Waals surface area contributed by atoms with E-state index in [0.717, 1.165) is 0 Å². The molecule has 1 amide bonds. The predicted octanol–water partition coefficient (Wildman–Crippen LogP) is 4.39. The molecule has 0 saturated heterocycles. The van der Waals surface area contributed by atoms with E-state index in [1.807, 2.05) is 6.92 Å². The molecular weight excluding hydrogens is 347 g/mol. The Kier molecular flexibility index (Phi) is 4.55. The summed E-state index contributed by atoms with van der Waals surface area (Å²) in [6.07, 6.45) is 0. The molecule has 0 bridgehead atoms. The van der Waals surface area contributed by atoms with Crippen LogP contribution in [0.2, 0.25) is 5.02 Å². The van der Waals surface area contributed by atoms with Crippen molar-refractivity contribution in [3.05, 3.63) is 46.7 Å². The van der Waals surface area contributed by atoms with Gasteiger partial charge in [0.05, 0.1) is 21.7 Å². The van der Waals surface area contributed by atoms with Gasteiger partial charge in [0.15, 0.2) is 5.75 Å². The number of anilines is 1. The van der Waals surface area contributed by atoms with E-state index in [1.165, 1.54) is 31.3 Å². The molecule has 1 heterocycles. The van der Waals surface area contributed by atoms with Crippen LogP contribution < -0.4 is 10.6 Å². The first-order valence-electron chi connectivity index (χ1n) is 7.67. The molecular formula is C18H16ClFN2O3. The fraction of sp³-hybridized carbons (Fsp3) is 0.167. The number of nitrogens with one attached hydrogen (secondary N) is 2. The van der Waals surface area contributed by atoms with Gasteiger partial charge in [-0.15, -0.1) is 0 Å². The minimum Gasteiger partial charge on any atom is -0.504 e. The highest BCUT2D eigenvalue weighted by Gasteiger charge is 2.26. The second-order valence-corrected chi connectivity index (χ2v) is 5.76. The summed E-state index contributed by atoms with van der Waals surface area (Å²) in [7, 11) is 1.48. The van der Waals surface area contributed by atoms with Crippen LogP contribution in [-0.4, -0.2) is 24.6 Å². The first kappa shape index (κ1) is 17.1. The Balaban J connectivity index is 2.35. The number of amides is 1. The summed E-state index contributed by atoms with van der Waals surface area (Å²) in [5, 5.41) is 16.1. The Bertz CT molecular complexity index is 951. The number of carbonyl (C=O) groups excluding carboxylic acids is 1. The summed E-state index contributed by atoms with van der Waals surface area (Å²) in [5.41, 5.74) is 1.46. The number of aromatic hydroxyl groups is 1. The molecule has 130 valence electrons. The molecule has 7 heteroatoms. The predicted molar refractivity (Wildman–Crippen MR) is 95.8 cm³/mol. The van der Waals surface area contributed by atoms with Crippen molar-refractivity contribution >= 4 is 34.2 Å². The van der Waals surface area contributed by atoms with Crippen molar-refractivity contribution in [3.63, 3.8) is 0 Å². The smallest absolute Gasteiger partial charge is 0.255 e. The Hall–Kier alpha value is -2.73. The van der Waals surface area contributed by atoms with Crippen LogP contribution in [0.4, 0.5) is 10.1 Å². The van der Waals surface area contributed by atoms with Crippen LogP contribution in [0.1, 0.15) is 17.3 Å². The quantitative estimate of drug-likeness (QED) is 0.602. The second-order valence-electron chi connectivity index (χ2n) is 5.38. The summed E-state index contributed by atoms with van der Waals surface area (Å²) in [4.78, 5) is 12.4. The van der Waals surface area contributed by atoms with Crippen LogP contribution in [-0.2, 0) is 0 Å². The minimum atomic E-state index is -0.421. The Morgan fingerprint density at radius 2 is 2.00 bits per heavy atom. The maximum atomic E-state index is 13.2. The fourth-order valence-electron chi connectivity index (χ4n) is 2.68. The van der Waals surface area contributed by atoms with E-state index in [0.29, 0.717) is 28.8 Å². The van der Waals surface area contributed by atoms with E-state index in [-0.39, 0.29) is 22.1 Å². The van der Waals surface area contributed by atoms with Gasteiger partial charge in [-0.1, -0.05) is 11.6 Å². The molecule has 0 atom stereocenters.